The van der Waals surface area contributed by atoms with Crippen molar-refractivity contribution in [3.05, 3.63) is 0 Å². The van der Waals surface area contributed by atoms with Crippen LogP contribution in [-0.4, -0.2) is 41.1 Å². The summed E-state index contributed by atoms with van der Waals surface area (Å²) in [5.41, 5.74) is -0.784. The molecule has 5 heteroatoms. The minimum atomic E-state index is -0.813. The third-order valence-corrected chi connectivity index (χ3v) is 4.73. The van der Waals surface area contributed by atoms with Crippen molar-refractivity contribution in [2.45, 2.75) is 52.0 Å². The van der Waals surface area contributed by atoms with E-state index in [0.29, 0.717) is 25.4 Å². The zero-order valence-electron chi connectivity index (χ0n) is 11.8. The molecule has 1 saturated heterocycles. The lowest BCUT2D eigenvalue weighted by atomic mass is 9.90. The lowest BCUT2D eigenvalue weighted by Gasteiger charge is -2.25. The Morgan fingerprint density at radius 1 is 1.37 bits per heavy atom. The number of nitrogens with zero attached hydrogens (tertiary/aromatic N) is 1. The van der Waals surface area contributed by atoms with Gasteiger partial charge in [0, 0.05) is 19.1 Å². The maximum atomic E-state index is 12.1. The summed E-state index contributed by atoms with van der Waals surface area (Å²) in [5.74, 6) is -0.232. The fourth-order valence-corrected chi connectivity index (χ4v) is 3.17. The van der Waals surface area contributed by atoms with Crippen LogP contribution in [0.15, 0.2) is 0 Å². The lowest BCUT2D eigenvalue weighted by molar-refractivity contribution is -0.146. The topological polar surface area (TPSA) is 69.6 Å². The number of hydrogen-bond donors (Lipinski definition) is 2. The fourth-order valence-electron chi connectivity index (χ4n) is 3.17. The molecule has 0 bridgehead atoms. The normalized spacial score (nSPS) is 29.5. The number of carboxylic acid groups (broad SMARTS) is 1. The standard InChI is InChI=1S/C14H24N2O3/c1-10(11-5-3-4-6-11)15-13(19)16-8-7-14(2,9-16)12(17)18/h10-11H,3-9H2,1-2H3,(H,15,19)(H,17,18)/t10-,14?/m1/s1. The number of carboxylic acids is 1. The highest BCUT2D eigenvalue weighted by Gasteiger charge is 2.42. The maximum Gasteiger partial charge on any atom is 0.317 e. The van der Waals surface area contributed by atoms with E-state index in [0.717, 1.165) is 0 Å². The lowest BCUT2D eigenvalue weighted by Crippen LogP contribution is -2.46. The number of urea groups is 1. The van der Waals surface area contributed by atoms with Gasteiger partial charge in [-0.2, -0.15) is 0 Å². The Balaban J connectivity index is 1.86. The van der Waals surface area contributed by atoms with E-state index in [1.54, 1.807) is 11.8 Å². The summed E-state index contributed by atoms with van der Waals surface area (Å²) in [4.78, 5) is 24.9. The van der Waals surface area contributed by atoms with Gasteiger partial charge in [0.15, 0.2) is 0 Å². The number of carbonyl (C=O) groups excluding carboxylic acids is 1. The van der Waals surface area contributed by atoms with E-state index in [-0.39, 0.29) is 12.1 Å². The molecule has 0 radical (unpaired) electrons. The van der Waals surface area contributed by atoms with Gasteiger partial charge in [-0.05, 0) is 39.0 Å². The monoisotopic (exact) mass is 268 g/mol. The van der Waals surface area contributed by atoms with Crippen molar-refractivity contribution in [1.82, 2.24) is 10.2 Å². The number of rotatable bonds is 3. The first-order valence-corrected chi connectivity index (χ1v) is 7.21. The largest absolute Gasteiger partial charge is 0.481 e. The highest BCUT2D eigenvalue weighted by atomic mass is 16.4. The molecule has 1 unspecified atom stereocenters. The summed E-state index contributed by atoms with van der Waals surface area (Å²) in [6, 6.07) is 0.0797. The molecule has 0 aromatic rings. The molecule has 1 heterocycles. The number of likely N-dealkylation sites (tertiary alicyclic amines) is 1. The molecule has 2 fully saturated rings. The number of carbonyl (C=O) groups is 2. The van der Waals surface area contributed by atoms with Gasteiger partial charge in [0.25, 0.3) is 0 Å². The van der Waals surface area contributed by atoms with Crippen LogP contribution in [0.3, 0.4) is 0 Å². The van der Waals surface area contributed by atoms with Crippen LogP contribution in [0.1, 0.15) is 46.0 Å². The van der Waals surface area contributed by atoms with E-state index >= 15 is 0 Å². The van der Waals surface area contributed by atoms with Crippen molar-refractivity contribution in [3.8, 4) is 0 Å². The molecular formula is C14H24N2O3. The molecule has 0 aromatic heterocycles. The first-order chi connectivity index (χ1) is 8.92. The molecule has 2 N–H and O–H groups in total. The van der Waals surface area contributed by atoms with Crippen LogP contribution in [0.4, 0.5) is 4.79 Å². The quantitative estimate of drug-likeness (QED) is 0.823. The zero-order chi connectivity index (χ0) is 14.0. The van der Waals surface area contributed by atoms with Crippen LogP contribution < -0.4 is 5.32 Å². The van der Waals surface area contributed by atoms with Gasteiger partial charge in [-0.1, -0.05) is 12.8 Å². The summed E-state index contributed by atoms with van der Waals surface area (Å²) >= 11 is 0. The van der Waals surface area contributed by atoms with Gasteiger partial charge in [0.05, 0.1) is 5.41 Å². The average Bonchev–Trinajstić information content (AvgIpc) is 2.98. The summed E-state index contributed by atoms with van der Waals surface area (Å²) in [6.45, 7) is 4.61. The average molecular weight is 268 g/mol. The van der Waals surface area contributed by atoms with E-state index in [2.05, 4.69) is 12.2 Å². The van der Waals surface area contributed by atoms with Gasteiger partial charge in [-0.15, -0.1) is 0 Å². The van der Waals surface area contributed by atoms with Crippen LogP contribution in [0.25, 0.3) is 0 Å². The maximum absolute atomic E-state index is 12.1. The molecule has 2 atom stereocenters. The molecule has 2 amide bonds. The third-order valence-electron chi connectivity index (χ3n) is 4.73. The predicted octanol–water partition coefficient (Wildman–Crippen LogP) is 2.07. The second-order valence-electron chi connectivity index (χ2n) is 6.32. The Kier molecular flexibility index (Phi) is 4.02. The van der Waals surface area contributed by atoms with Gasteiger partial charge < -0.3 is 15.3 Å². The molecule has 2 aliphatic rings. The van der Waals surface area contributed by atoms with Crippen LogP contribution in [-0.2, 0) is 4.79 Å². The molecule has 2 rings (SSSR count). The molecule has 0 aromatic carbocycles. The summed E-state index contributed by atoms with van der Waals surface area (Å²) in [6.07, 6.45) is 5.42. The van der Waals surface area contributed by atoms with Crippen LogP contribution >= 0.6 is 0 Å². The Bertz CT molecular complexity index is 366. The zero-order valence-corrected chi connectivity index (χ0v) is 11.8. The molecule has 108 valence electrons. The van der Waals surface area contributed by atoms with E-state index in [1.165, 1.54) is 25.7 Å². The highest BCUT2D eigenvalue weighted by molar-refractivity contribution is 5.79. The Hall–Kier alpha value is -1.26. The molecule has 5 nitrogen and oxygen atoms in total. The first-order valence-electron chi connectivity index (χ1n) is 7.21. The molecular weight excluding hydrogens is 244 g/mol. The fraction of sp³-hybridized carbons (Fsp3) is 0.857. The van der Waals surface area contributed by atoms with Crippen molar-refractivity contribution in [1.29, 1.82) is 0 Å². The second-order valence-corrected chi connectivity index (χ2v) is 6.32. The predicted molar refractivity (Wildman–Crippen MR) is 71.9 cm³/mol. The third kappa shape index (κ3) is 3.01. The van der Waals surface area contributed by atoms with Crippen LogP contribution in [0.2, 0.25) is 0 Å². The SMILES string of the molecule is C[C@@H](NC(=O)N1CCC(C)(C(=O)O)C1)C1CCCC1. The van der Waals surface area contributed by atoms with Gasteiger partial charge >= 0.3 is 12.0 Å². The minimum Gasteiger partial charge on any atom is -0.481 e. The van der Waals surface area contributed by atoms with Crippen LogP contribution in [0, 0.1) is 11.3 Å². The minimum absolute atomic E-state index is 0.107. The van der Waals surface area contributed by atoms with Gasteiger partial charge in [-0.3, -0.25) is 4.79 Å². The van der Waals surface area contributed by atoms with Crippen molar-refractivity contribution in [3.63, 3.8) is 0 Å². The van der Waals surface area contributed by atoms with E-state index < -0.39 is 11.4 Å². The number of nitrogens with one attached hydrogen (secondary N) is 1. The Morgan fingerprint density at radius 3 is 2.53 bits per heavy atom. The highest BCUT2D eigenvalue weighted by Crippen LogP contribution is 2.31. The van der Waals surface area contributed by atoms with Crippen molar-refractivity contribution in [2.24, 2.45) is 11.3 Å². The number of aliphatic carboxylic acids is 1. The van der Waals surface area contributed by atoms with E-state index in [4.69, 9.17) is 5.11 Å². The summed E-state index contributed by atoms with van der Waals surface area (Å²) in [7, 11) is 0. The van der Waals surface area contributed by atoms with Gasteiger partial charge in [0.2, 0.25) is 0 Å². The molecule has 0 spiro atoms. The molecule has 1 aliphatic heterocycles. The van der Waals surface area contributed by atoms with Gasteiger partial charge in [-0.25, -0.2) is 4.79 Å². The van der Waals surface area contributed by atoms with Crippen molar-refractivity contribution in [2.75, 3.05) is 13.1 Å². The summed E-state index contributed by atoms with van der Waals surface area (Å²) < 4.78 is 0. The summed E-state index contributed by atoms with van der Waals surface area (Å²) in [5, 5.41) is 12.2. The Labute approximate surface area is 114 Å². The molecule has 1 saturated carbocycles. The molecule has 19 heavy (non-hydrogen) atoms. The molecule has 1 aliphatic carbocycles. The first kappa shape index (κ1) is 14.2. The van der Waals surface area contributed by atoms with E-state index in [9.17, 15) is 9.59 Å². The van der Waals surface area contributed by atoms with E-state index in [1.807, 2.05) is 0 Å². The smallest absolute Gasteiger partial charge is 0.317 e. The van der Waals surface area contributed by atoms with Crippen molar-refractivity contribution < 1.29 is 14.7 Å². The van der Waals surface area contributed by atoms with Crippen molar-refractivity contribution >= 4 is 12.0 Å². The number of hydrogen-bond acceptors (Lipinski definition) is 2. The number of amides is 2. The second kappa shape index (κ2) is 5.39. The Morgan fingerprint density at radius 2 is 2.00 bits per heavy atom. The van der Waals surface area contributed by atoms with Crippen LogP contribution in [0.5, 0.6) is 0 Å². The van der Waals surface area contributed by atoms with Gasteiger partial charge in [0.1, 0.15) is 0 Å².